The molecule has 1 aromatic heterocycles. The number of nitrogens with zero attached hydrogens (tertiary/aromatic N) is 4. The van der Waals surface area contributed by atoms with Crippen molar-refractivity contribution in [3.63, 3.8) is 0 Å². The Balaban J connectivity index is 1.31. The summed E-state index contributed by atoms with van der Waals surface area (Å²) in [5.41, 5.74) is 5.41. The van der Waals surface area contributed by atoms with Crippen molar-refractivity contribution >= 4 is 40.2 Å². The van der Waals surface area contributed by atoms with Crippen LogP contribution in [-0.4, -0.2) is 63.7 Å². The lowest BCUT2D eigenvalue weighted by Gasteiger charge is -2.34. The van der Waals surface area contributed by atoms with Gasteiger partial charge in [0.2, 0.25) is 5.91 Å². The van der Waals surface area contributed by atoms with Crippen LogP contribution in [0.5, 0.6) is 0 Å². The van der Waals surface area contributed by atoms with E-state index in [0.717, 1.165) is 46.7 Å². The zero-order valence-corrected chi connectivity index (χ0v) is 20.3. The Bertz CT molecular complexity index is 1250. The van der Waals surface area contributed by atoms with Crippen molar-refractivity contribution in [2.45, 2.75) is 32.4 Å². The number of halogens is 1. The smallest absolute Gasteiger partial charge is 0.407 e. The molecular formula is C26H29ClN4O3. The van der Waals surface area contributed by atoms with E-state index in [0.29, 0.717) is 26.1 Å². The minimum Gasteiger partial charge on any atom is -0.465 e. The van der Waals surface area contributed by atoms with Crippen LogP contribution in [0.1, 0.15) is 23.7 Å². The van der Waals surface area contributed by atoms with Crippen molar-refractivity contribution in [1.82, 2.24) is 14.4 Å². The summed E-state index contributed by atoms with van der Waals surface area (Å²) in [5.74, 6) is 0.103. The van der Waals surface area contributed by atoms with E-state index in [1.807, 2.05) is 55.3 Å². The second-order valence-corrected chi connectivity index (χ2v) is 9.78. The lowest BCUT2D eigenvalue weighted by molar-refractivity contribution is -0.121. The third-order valence-corrected chi connectivity index (χ3v) is 7.51. The number of piperazine rings is 1. The highest BCUT2D eigenvalue weighted by molar-refractivity contribution is 6.30. The maximum absolute atomic E-state index is 13.0. The molecule has 1 atom stereocenters. The quantitative estimate of drug-likeness (QED) is 0.609. The number of anilines is 1. The molecule has 3 aromatic rings. The van der Waals surface area contributed by atoms with Gasteiger partial charge in [0.15, 0.2) is 0 Å². The summed E-state index contributed by atoms with van der Waals surface area (Å²) in [4.78, 5) is 30.2. The van der Waals surface area contributed by atoms with Crippen LogP contribution in [0.3, 0.4) is 0 Å². The van der Waals surface area contributed by atoms with Crippen LogP contribution in [0.2, 0.25) is 5.02 Å². The van der Waals surface area contributed by atoms with Gasteiger partial charge >= 0.3 is 6.09 Å². The van der Waals surface area contributed by atoms with Gasteiger partial charge in [0.05, 0.1) is 18.6 Å². The highest BCUT2D eigenvalue weighted by Crippen LogP contribution is 2.34. The number of aromatic nitrogens is 1. The number of hydrogen-bond acceptors (Lipinski definition) is 3. The molecule has 178 valence electrons. The van der Waals surface area contributed by atoms with Crippen LogP contribution < -0.4 is 4.90 Å². The summed E-state index contributed by atoms with van der Waals surface area (Å²) in [6, 6.07) is 13.9. The fraction of sp³-hybridized carbons (Fsp3) is 0.385. The molecule has 1 N–H and O–H groups in total. The number of carbonyl (C=O) groups excluding carboxylic acids is 1. The van der Waals surface area contributed by atoms with Crippen molar-refractivity contribution in [1.29, 1.82) is 0 Å². The second kappa shape index (κ2) is 8.96. The number of rotatable bonds is 4. The summed E-state index contributed by atoms with van der Waals surface area (Å²) in [6.45, 7) is 5.06. The topological polar surface area (TPSA) is 69.0 Å². The highest BCUT2D eigenvalue weighted by atomic mass is 35.5. The van der Waals surface area contributed by atoms with Crippen molar-refractivity contribution in [2.24, 2.45) is 7.05 Å². The third-order valence-electron chi connectivity index (χ3n) is 7.26. The molecule has 2 aliphatic heterocycles. The molecule has 1 saturated heterocycles. The van der Waals surface area contributed by atoms with E-state index in [2.05, 4.69) is 15.5 Å². The summed E-state index contributed by atoms with van der Waals surface area (Å²) in [6.07, 6.45) is 0.691. The molecule has 1 fully saturated rings. The van der Waals surface area contributed by atoms with Gasteiger partial charge in [-0.1, -0.05) is 29.8 Å². The third kappa shape index (κ3) is 4.14. The van der Waals surface area contributed by atoms with Gasteiger partial charge in [-0.25, -0.2) is 4.79 Å². The van der Waals surface area contributed by atoms with Crippen molar-refractivity contribution < 1.29 is 14.7 Å². The van der Waals surface area contributed by atoms with Gasteiger partial charge in [-0.15, -0.1) is 0 Å². The fourth-order valence-electron chi connectivity index (χ4n) is 5.26. The van der Waals surface area contributed by atoms with Crippen LogP contribution in [0.15, 0.2) is 42.5 Å². The van der Waals surface area contributed by atoms with E-state index in [1.54, 1.807) is 0 Å². The number of carbonyl (C=O) groups is 2. The zero-order valence-electron chi connectivity index (χ0n) is 19.5. The number of hydrogen-bond donors (Lipinski definition) is 1. The molecule has 2 aromatic carbocycles. The molecule has 0 bridgehead atoms. The summed E-state index contributed by atoms with van der Waals surface area (Å²) < 4.78 is 2.16. The molecule has 3 heterocycles. The van der Waals surface area contributed by atoms with E-state index in [1.165, 1.54) is 16.2 Å². The van der Waals surface area contributed by atoms with E-state index in [4.69, 9.17) is 11.6 Å². The van der Waals surface area contributed by atoms with E-state index >= 15 is 0 Å². The number of carboxylic acid groups (broad SMARTS) is 1. The normalized spacial score (nSPS) is 19.0. The first-order valence-corrected chi connectivity index (χ1v) is 12.1. The van der Waals surface area contributed by atoms with Crippen molar-refractivity contribution in [2.75, 3.05) is 31.1 Å². The number of amides is 2. The fourth-order valence-corrected chi connectivity index (χ4v) is 5.38. The Morgan fingerprint density at radius 1 is 1.12 bits per heavy atom. The molecule has 8 heteroatoms. The minimum absolute atomic E-state index is 0.0602. The SMILES string of the molecule is CC1Cc2c(c3ccc(N4CCN(CCc5ccc(Cl)cc5)CC4=O)cc3n2C)CN1C(=O)O. The molecule has 1 unspecified atom stereocenters. The van der Waals surface area contributed by atoms with E-state index in [9.17, 15) is 14.7 Å². The Labute approximate surface area is 204 Å². The molecule has 0 radical (unpaired) electrons. The van der Waals surface area contributed by atoms with Crippen LogP contribution >= 0.6 is 11.6 Å². The molecule has 5 rings (SSSR count). The van der Waals surface area contributed by atoms with Gasteiger partial charge in [-0.05, 0) is 43.2 Å². The average Bonchev–Trinajstić information content (AvgIpc) is 3.08. The van der Waals surface area contributed by atoms with Gasteiger partial charge in [0, 0.05) is 66.5 Å². The Morgan fingerprint density at radius 3 is 2.59 bits per heavy atom. The zero-order chi connectivity index (χ0) is 24.0. The maximum atomic E-state index is 13.0. The van der Waals surface area contributed by atoms with Crippen LogP contribution in [0.4, 0.5) is 10.5 Å². The lowest BCUT2D eigenvalue weighted by atomic mass is 9.99. The minimum atomic E-state index is -0.883. The first-order valence-electron chi connectivity index (χ1n) is 11.7. The van der Waals surface area contributed by atoms with Crippen molar-refractivity contribution in [3.05, 3.63) is 64.3 Å². The van der Waals surface area contributed by atoms with E-state index < -0.39 is 6.09 Å². The summed E-state index contributed by atoms with van der Waals surface area (Å²) in [7, 11) is 2.03. The summed E-state index contributed by atoms with van der Waals surface area (Å²) >= 11 is 5.97. The molecule has 2 amide bonds. The molecule has 0 aliphatic carbocycles. The van der Waals surface area contributed by atoms with E-state index in [-0.39, 0.29) is 11.9 Å². The molecule has 7 nitrogen and oxygen atoms in total. The second-order valence-electron chi connectivity index (χ2n) is 9.35. The molecule has 2 aliphatic rings. The van der Waals surface area contributed by atoms with Crippen LogP contribution in [0.25, 0.3) is 10.9 Å². The lowest BCUT2D eigenvalue weighted by Crippen LogP contribution is -2.50. The van der Waals surface area contributed by atoms with Gasteiger partial charge < -0.3 is 19.5 Å². The van der Waals surface area contributed by atoms with Crippen LogP contribution in [0, 0.1) is 0 Å². The largest absolute Gasteiger partial charge is 0.465 e. The van der Waals surface area contributed by atoms with Crippen LogP contribution in [-0.2, 0) is 31.2 Å². The maximum Gasteiger partial charge on any atom is 0.407 e. The van der Waals surface area contributed by atoms with Crippen molar-refractivity contribution in [3.8, 4) is 0 Å². The standard InChI is InChI=1S/C26H29ClN4O3/c1-17-13-23-22(15-31(17)26(33)34)21-8-7-20(14-24(21)28(23)2)30-12-11-29(16-25(30)32)10-9-18-3-5-19(27)6-4-18/h3-8,14,17H,9-13,15-16H2,1-2H3,(H,33,34). The first kappa shape index (κ1) is 22.7. The predicted octanol–water partition coefficient (Wildman–Crippen LogP) is 4.15. The monoisotopic (exact) mass is 480 g/mol. The Kier molecular flexibility index (Phi) is 6.00. The molecule has 0 spiro atoms. The first-order chi connectivity index (χ1) is 16.3. The van der Waals surface area contributed by atoms with Gasteiger partial charge in [0.1, 0.15) is 0 Å². The molecule has 0 saturated carbocycles. The summed E-state index contributed by atoms with van der Waals surface area (Å²) in [5, 5.41) is 11.4. The Morgan fingerprint density at radius 2 is 1.88 bits per heavy atom. The number of benzene rings is 2. The highest BCUT2D eigenvalue weighted by Gasteiger charge is 2.31. The van der Waals surface area contributed by atoms with Gasteiger partial charge in [0.25, 0.3) is 0 Å². The molecular weight excluding hydrogens is 452 g/mol. The number of fused-ring (bicyclic) bond motifs is 3. The van der Waals surface area contributed by atoms with Gasteiger partial charge in [-0.3, -0.25) is 9.69 Å². The number of aryl methyl sites for hydroxylation is 1. The predicted molar refractivity (Wildman–Crippen MR) is 134 cm³/mol. The Hall–Kier alpha value is -3.03. The average molecular weight is 481 g/mol. The molecule has 34 heavy (non-hydrogen) atoms. The van der Waals surface area contributed by atoms with Gasteiger partial charge in [-0.2, -0.15) is 0 Å².